The van der Waals surface area contributed by atoms with Crippen LogP contribution in [0.4, 0.5) is 52.7 Å². The summed E-state index contributed by atoms with van der Waals surface area (Å²) < 4.78 is 189. The van der Waals surface area contributed by atoms with Crippen LogP contribution >= 0.6 is 0 Å². The quantitative estimate of drug-likeness (QED) is 0.0737. The number of hydrogen-bond donors (Lipinski definition) is 0. The summed E-state index contributed by atoms with van der Waals surface area (Å²) in [6.45, 7) is 9.38. The molecule has 0 bridgehead atoms. The van der Waals surface area contributed by atoms with Gasteiger partial charge in [-0.1, -0.05) is 48.5 Å². The van der Waals surface area contributed by atoms with Gasteiger partial charge in [-0.05, 0) is 91.5 Å². The zero-order valence-corrected chi connectivity index (χ0v) is 37.1. The standard InChI is InChI=1S/C21H24F6O3Si.C20H16F6O6Si/c1-12(2)28-19(29-13(3)4)30-31-18-7-5-14(6-8-18)15-9-16(20(22,23)24)11-17(10-15)21(25,26)27;1-11(27)30-33(31-12(2)28,32-13(3)29)18-6-4-14(5-7-18)15-8-16(19(21,22)23)10-17(9-15)20(24,25)26/h5-13,19H,31H2,1-4H3;4-10H,1-3H3. The summed E-state index contributed by atoms with van der Waals surface area (Å²) in [4.78, 5) is 34.7. The lowest BCUT2D eigenvalue weighted by atomic mass is 9.99. The first-order chi connectivity index (χ1) is 29.3. The Morgan fingerprint density at radius 3 is 1.03 bits per heavy atom. The molecule has 0 atom stereocenters. The number of benzene rings is 4. The van der Waals surface area contributed by atoms with Crippen molar-refractivity contribution in [3.63, 3.8) is 0 Å². The molecule has 0 heterocycles. The van der Waals surface area contributed by atoms with Crippen molar-refractivity contribution in [1.29, 1.82) is 0 Å². The van der Waals surface area contributed by atoms with E-state index in [4.69, 9.17) is 27.2 Å². The maximum absolute atomic E-state index is 13.1. The van der Waals surface area contributed by atoms with E-state index in [1.54, 1.807) is 12.1 Å². The maximum Gasteiger partial charge on any atom is 0.742 e. The summed E-state index contributed by atoms with van der Waals surface area (Å²) >= 11 is 0. The fourth-order valence-electron chi connectivity index (χ4n) is 5.43. The van der Waals surface area contributed by atoms with Gasteiger partial charge in [0.2, 0.25) is 0 Å². The highest BCUT2D eigenvalue weighted by molar-refractivity contribution is 6.79. The number of alkyl halides is 12. The molecule has 0 saturated carbocycles. The van der Waals surface area contributed by atoms with Crippen molar-refractivity contribution in [2.24, 2.45) is 0 Å². The summed E-state index contributed by atoms with van der Waals surface area (Å²) in [5, 5.41) is 0.686. The molecule has 0 spiro atoms. The van der Waals surface area contributed by atoms with Crippen molar-refractivity contribution < 1.29 is 94.2 Å². The van der Waals surface area contributed by atoms with Crippen LogP contribution in [-0.2, 0) is 66.3 Å². The molecule has 0 aliphatic heterocycles. The first-order valence-electron chi connectivity index (χ1n) is 18.6. The molecule has 0 fully saturated rings. The zero-order chi connectivity index (χ0) is 48.6. The second kappa shape index (κ2) is 21.2. The number of hydrogen-bond acceptors (Lipinski definition) is 9. The van der Waals surface area contributed by atoms with Gasteiger partial charge < -0.3 is 27.2 Å². The average molecular weight is 961 g/mol. The minimum Gasteiger partial charge on any atom is -0.452 e. The third-order valence-electron chi connectivity index (χ3n) is 8.02. The molecular formula is C41H40F12O9Si2. The fraction of sp³-hybridized carbons (Fsp3) is 0.341. The molecule has 4 rings (SSSR count). The van der Waals surface area contributed by atoms with E-state index in [0.29, 0.717) is 24.3 Å². The minimum atomic E-state index is -5.03. The predicted octanol–water partition coefficient (Wildman–Crippen LogP) is 9.48. The Hall–Kier alpha value is -5.24. The lowest BCUT2D eigenvalue weighted by Crippen LogP contribution is -2.59. The van der Waals surface area contributed by atoms with Gasteiger partial charge in [0.1, 0.15) is 0 Å². The Balaban J connectivity index is 0.000000341. The summed E-state index contributed by atoms with van der Waals surface area (Å²) in [6.07, 6.45) is -20.1. The maximum atomic E-state index is 13.1. The van der Waals surface area contributed by atoms with E-state index >= 15 is 0 Å². The number of carbonyl (C=O) groups excluding carboxylic acids is 3. The van der Waals surface area contributed by atoms with Crippen molar-refractivity contribution >= 4 is 46.8 Å². The van der Waals surface area contributed by atoms with Crippen molar-refractivity contribution in [3.8, 4) is 22.3 Å². The first-order valence-corrected chi connectivity index (χ1v) is 21.6. The predicted molar refractivity (Wildman–Crippen MR) is 210 cm³/mol. The van der Waals surface area contributed by atoms with E-state index < -0.39 is 95.5 Å². The van der Waals surface area contributed by atoms with Gasteiger partial charge in [-0.15, -0.1) is 0 Å². The van der Waals surface area contributed by atoms with Crippen molar-refractivity contribution in [2.45, 2.75) is 91.9 Å². The molecule has 0 saturated heterocycles. The Labute approximate surface area is 361 Å². The lowest BCUT2D eigenvalue weighted by Gasteiger charge is -2.26. The average Bonchev–Trinajstić information content (AvgIpc) is 3.14. The van der Waals surface area contributed by atoms with Crippen LogP contribution in [0.25, 0.3) is 22.3 Å². The van der Waals surface area contributed by atoms with E-state index in [9.17, 15) is 67.1 Å². The van der Waals surface area contributed by atoms with Gasteiger partial charge in [-0.25, -0.2) is 0 Å². The first kappa shape index (κ1) is 53.1. The molecule has 23 heteroatoms. The van der Waals surface area contributed by atoms with Crippen LogP contribution in [0.15, 0.2) is 84.9 Å². The third-order valence-corrected chi connectivity index (χ3v) is 12.0. The van der Waals surface area contributed by atoms with Gasteiger partial charge in [0.15, 0.2) is 9.76 Å². The summed E-state index contributed by atoms with van der Waals surface area (Å²) in [5.74, 6) is -2.87. The molecule has 64 heavy (non-hydrogen) atoms. The molecule has 0 aliphatic rings. The van der Waals surface area contributed by atoms with Gasteiger partial charge in [0.05, 0.1) is 39.6 Å². The van der Waals surface area contributed by atoms with E-state index in [2.05, 4.69) is 0 Å². The molecule has 350 valence electrons. The molecule has 0 amide bonds. The molecule has 0 aliphatic carbocycles. The largest absolute Gasteiger partial charge is 0.742 e. The van der Waals surface area contributed by atoms with Gasteiger partial charge in [-0.2, -0.15) is 52.7 Å². The zero-order valence-electron chi connectivity index (χ0n) is 34.7. The normalized spacial score (nSPS) is 12.7. The minimum absolute atomic E-state index is 0.00208. The van der Waals surface area contributed by atoms with Gasteiger partial charge in [0, 0.05) is 20.8 Å². The summed E-state index contributed by atoms with van der Waals surface area (Å²) in [5.41, 5.74) is -6.09. The van der Waals surface area contributed by atoms with Crippen LogP contribution in [0.2, 0.25) is 0 Å². The molecule has 0 aromatic heterocycles. The van der Waals surface area contributed by atoms with Crippen LogP contribution in [0.5, 0.6) is 0 Å². The van der Waals surface area contributed by atoms with Crippen molar-refractivity contribution in [1.82, 2.24) is 0 Å². The monoisotopic (exact) mass is 960 g/mol. The molecule has 0 radical (unpaired) electrons. The molecular weight excluding hydrogens is 921 g/mol. The van der Waals surface area contributed by atoms with Crippen molar-refractivity contribution in [2.75, 3.05) is 0 Å². The second-order valence-electron chi connectivity index (χ2n) is 14.2. The highest BCUT2D eigenvalue weighted by Gasteiger charge is 2.54. The molecule has 9 nitrogen and oxygen atoms in total. The number of halogens is 12. The number of carbonyl (C=O) groups is 3. The second-order valence-corrected chi connectivity index (χ2v) is 17.9. The summed E-state index contributed by atoms with van der Waals surface area (Å²) in [7, 11) is -5.79. The van der Waals surface area contributed by atoms with Gasteiger partial charge in [-0.3, -0.25) is 14.4 Å². The van der Waals surface area contributed by atoms with E-state index in [1.165, 1.54) is 12.1 Å². The topological polar surface area (TPSA) is 107 Å². The number of ether oxygens (including phenoxy) is 2. The Morgan fingerprint density at radius 2 is 0.766 bits per heavy atom. The summed E-state index contributed by atoms with van der Waals surface area (Å²) in [6, 6.07) is 13.3. The van der Waals surface area contributed by atoms with E-state index in [0.717, 1.165) is 50.2 Å². The van der Waals surface area contributed by atoms with E-state index in [-0.39, 0.29) is 46.2 Å². The van der Waals surface area contributed by atoms with Gasteiger partial charge in [0.25, 0.3) is 24.4 Å². The Morgan fingerprint density at radius 1 is 0.469 bits per heavy atom. The van der Waals surface area contributed by atoms with E-state index in [1.807, 2.05) is 27.7 Å². The third kappa shape index (κ3) is 16.1. The van der Waals surface area contributed by atoms with Crippen LogP contribution < -0.4 is 10.4 Å². The smallest absolute Gasteiger partial charge is 0.452 e. The highest BCUT2D eigenvalue weighted by Crippen LogP contribution is 2.40. The van der Waals surface area contributed by atoms with Gasteiger partial charge >= 0.3 is 33.5 Å². The van der Waals surface area contributed by atoms with Crippen LogP contribution in [-0.4, -0.2) is 55.2 Å². The molecule has 4 aromatic rings. The Kier molecular flexibility index (Phi) is 17.6. The lowest BCUT2D eigenvalue weighted by molar-refractivity contribution is -0.274. The molecule has 0 unspecified atom stereocenters. The SMILES string of the molecule is CC(=O)O[Si](OC(C)=O)(OC(C)=O)c1ccc(-c2cc(C(F)(F)F)cc(C(F)(F)F)c2)cc1.CC(C)OC(O[SiH2]c1ccc(-c2cc(C(F)(F)F)cc(C(F)(F)F)c2)cc1)OC(C)C. The molecule has 4 aromatic carbocycles. The fourth-order valence-corrected chi connectivity index (χ4v) is 8.53. The van der Waals surface area contributed by atoms with Crippen LogP contribution in [0, 0.1) is 0 Å². The van der Waals surface area contributed by atoms with Crippen LogP contribution in [0.3, 0.4) is 0 Å². The van der Waals surface area contributed by atoms with Crippen molar-refractivity contribution in [3.05, 3.63) is 107 Å². The Bertz CT molecular complexity index is 2110. The molecule has 0 N–H and O–H groups in total. The highest BCUT2D eigenvalue weighted by atomic mass is 28.4. The number of rotatable bonds is 13. The van der Waals surface area contributed by atoms with Crippen LogP contribution in [0.1, 0.15) is 70.7 Å².